The Morgan fingerprint density at radius 2 is 1.68 bits per heavy atom. The van der Waals surface area contributed by atoms with Crippen molar-refractivity contribution >= 4 is 18.0 Å². The van der Waals surface area contributed by atoms with Gasteiger partial charge in [-0.15, -0.1) is 0 Å². The van der Waals surface area contributed by atoms with Gasteiger partial charge in [0.2, 0.25) is 5.91 Å². The molecule has 0 radical (unpaired) electrons. The second-order valence-corrected chi connectivity index (χ2v) is 9.93. The molecule has 0 bridgehead atoms. The van der Waals surface area contributed by atoms with Crippen LogP contribution >= 0.6 is 0 Å². The molecule has 1 unspecified atom stereocenters. The van der Waals surface area contributed by atoms with Crippen molar-refractivity contribution in [2.45, 2.75) is 51.0 Å². The standard InChI is InChI=1S/C27H32N2O5/c1-27(2,13-11-24(30)29-14-12-18(16-29)15-25(31)32)28-26(33)34-17-23-21-9-5-3-7-19(21)20-8-4-6-10-22(20)23/h3-10,18,23H,11-17H2,1-2H3,(H,28,33)(H,31,32). The Morgan fingerprint density at radius 3 is 2.29 bits per heavy atom. The van der Waals surface area contributed by atoms with Gasteiger partial charge in [0, 0.05) is 37.4 Å². The van der Waals surface area contributed by atoms with Gasteiger partial charge in [0.05, 0.1) is 0 Å². The number of carboxylic acids is 1. The van der Waals surface area contributed by atoms with E-state index in [9.17, 15) is 14.4 Å². The van der Waals surface area contributed by atoms with Crippen molar-refractivity contribution in [1.29, 1.82) is 0 Å². The topological polar surface area (TPSA) is 95.9 Å². The summed E-state index contributed by atoms with van der Waals surface area (Å²) >= 11 is 0. The van der Waals surface area contributed by atoms with Gasteiger partial charge >= 0.3 is 12.1 Å². The molecule has 1 saturated heterocycles. The molecule has 180 valence electrons. The smallest absolute Gasteiger partial charge is 0.407 e. The predicted molar refractivity (Wildman–Crippen MR) is 128 cm³/mol. The lowest BCUT2D eigenvalue weighted by Crippen LogP contribution is -2.45. The van der Waals surface area contributed by atoms with E-state index >= 15 is 0 Å². The van der Waals surface area contributed by atoms with E-state index in [0.29, 0.717) is 19.5 Å². The Hall–Kier alpha value is -3.35. The minimum Gasteiger partial charge on any atom is -0.481 e. The number of nitrogens with one attached hydrogen (secondary N) is 1. The van der Waals surface area contributed by atoms with Crippen LogP contribution in [-0.4, -0.2) is 53.2 Å². The van der Waals surface area contributed by atoms with E-state index in [4.69, 9.17) is 9.84 Å². The molecule has 1 aliphatic heterocycles. The predicted octanol–water partition coefficient (Wildman–Crippen LogP) is 4.41. The van der Waals surface area contributed by atoms with Crippen LogP contribution in [0.2, 0.25) is 0 Å². The van der Waals surface area contributed by atoms with E-state index in [-0.39, 0.29) is 37.2 Å². The fourth-order valence-corrected chi connectivity index (χ4v) is 5.02. The first-order valence-corrected chi connectivity index (χ1v) is 11.9. The first kappa shape index (κ1) is 23.8. The quantitative estimate of drug-likeness (QED) is 0.603. The van der Waals surface area contributed by atoms with E-state index in [2.05, 4.69) is 29.6 Å². The molecule has 1 atom stereocenters. The maximum atomic E-state index is 12.6. The average Bonchev–Trinajstić information content (AvgIpc) is 3.38. The summed E-state index contributed by atoms with van der Waals surface area (Å²) in [5.74, 6) is -0.812. The van der Waals surface area contributed by atoms with Crippen molar-refractivity contribution in [3.63, 3.8) is 0 Å². The number of likely N-dealkylation sites (tertiary alicyclic amines) is 1. The number of carboxylic acid groups (broad SMARTS) is 1. The molecule has 2 aromatic carbocycles. The number of amides is 2. The molecule has 4 rings (SSSR count). The Morgan fingerprint density at radius 1 is 1.06 bits per heavy atom. The van der Waals surface area contributed by atoms with Crippen LogP contribution < -0.4 is 5.32 Å². The number of carbonyl (C=O) groups excluding carboxylic acids is 2. The number of rotatable bonds is 8. The van der Waals surface area contributed by atoms with Crippen molar-refractivity contribution in [2.75, 3.05) is 19.7 Å². The highest BCUT2D eigenvalue weighted by atomic mass is 16.5. The average molecular weight is 465 g/mol. The largest absolute Gasteiger partial charge is 0.481 e. The second kappa shape index (κ2) is 9.87. The molecule has 2 amide bonds. The fourth-order valence-electron chi connectivity index (χ4n) is 5.02. The molecule has 2 N–H and O–H groups in total. The number of alkyl carbamates (subject to hydrolysis) is 1. The van der Waals surface area contributed by atoms with Crippen LogP contribution in [0, 0.1) is 5.92 Å². The van der Waals surface area contributed by atoms with E-state index in [1.54, 1.807) is 4.90 Å². The summed E-state index contributed by atoms with van der Waals surface area (Å²) in [6.07, 6.45) is 1.08. The summed E-state index contributed by atoms with van der Waals surface area (Å²) in [6, 6.07) is 16.4. The minimum absolute atomic E-state index is 0.00300. The molecule has 7 nitrogen and oxygen atoms in total. The number of aliphatic carboxylic acids is 1. The lowest BCUT2D eigenvalue weighted by atomic mass is 9.98. The third kappa shape index (κ3) is 5.41. The maximum absolute atomic E-state index is 12.6. The molecule has 1 aliphatic carbocycles. The molecule has 7 heteroatoms. The highest BCUT2D eigenvalue weighted by molar-refractivity contribution is 5.79. The zero-order valence-electron chi connectivity index (χ0n) is 19.8. The number of hydrogen-bond donors (Lipinski definition) is 2. The summed E-state index contributed by atoms with van der Waals surface area (Å²) in [5.41, 5.74) is 4.07. The zero-order chi connectivity index (χ0) is 24.3. The molecule has 1 heterocycles. The monoisotopic (exact) mass is 464 g/mol. The van der Waals surface area contributed by atoms with Gasteiger partial charge in [0.1, 0.15) is 6.61 Å². The van der Waals surface area contributed by atoms with Gasteiger partial charge < -0.3 is 20.1 Å². The van der Waals surface area contributed by atoms with Crippen LogP contribution in [0.5, 0.6) is 0 Å². The summed E-state index contributed by atoms with van der Waals surface area (Å²) < 4.78 is 5.63. The molecule has 34 heavy (non-hydrogen) atoms. The molecule has 2 aromatic rings. The van der Waals surface area contributed by atoms with Crippen molar-refractivity contribution < 1.29 is 24.2 Å². The Kier molecular flexibility index (Phi) is 6.91. The van der Waals surface area contributed by atoms with Crippen molar-refractivity contribution in [3.8, 4) is 11.1 Å². The Bertz CT molecular complexity index is 1030. The summed E-state index contributed by atoms with van der Waals surface area (Å²) in [7, 11) is 0. The third-order valence-electron chi connectivity index (χ3n) is 6.85. The lowest BCUT2D eigenvalue weighted by Gasteiger charge is -2.27. The van der Waals surface area contributed by atoms with Crippen molar-refractivity contribution in [3.05, 3.63) is 59.7 Å². The Balaban J connectivity index is 1.27. The van der Waals surface area contributed by atoms with Crippen LogP contribution in [-0.2, 0) is 14.3 Å². The molecular formula is C27H32N2O5. The third-order valence-corrected chi connectivity index (χ3v) is 6.85. The molecule has 0 saturated carbocycles. The highest BCUT2D eigenvalue weighted by Crippen LogP contribution is 2.44. The molecule has 1 fully saturated rings. The van der Waals surface area contributed by atoms with E-state index in [1.165, 1.54) is 11.1 Å². The van der Waals surface area contributed by atoms with Gasteiger partial charge in [-0.2, -0.15) is 0 Å². The van der Waals surface area contributed by atoms with Crippen LogP contribution in [0.4, 0.5) is 4.79 Å². The number of hydrogen-bond acceptors (Lipinski definition) is 4. The number of carbonyl (C=O) groups is 3. The lowest BCUT2D eigenvalue weighted by molar-refractivity contribution is -0.138. The summed E-state index contributed by atoms with van der Waals surface area (Å²) in [4.78, 5) is 37.8. The number of ether oxygens (including phenoxy) is 1. The zero-order valence-corrected chi connectivity index (χ0v) is 19.8. The minimum atomic E-state index is -0.826. The van der Waals surface area contributed by atoms with Gasteiger partial charge in [-0.1, -0.05) is 48.5 Å². The van der Waals surface area contributed by atoms with Crippen LogP contribution in [0.25, 0.3) is 11.1 Å². The summed E-state index contributed by atoms with van der Waals surface area (Å²) in [6.45, 7) is 5.08. The van der Waals surface area contributed by atoms with Crippen molar-refractivity contribution in [1.82, 2.24) is 10.2 Å². The van der Waals surface area contributed by atoms with Crippen molar-refractivity contribution in [2.24, 2.45) is 5.92 Å². The number of nitrogens with zero attached hydrogens (tertiary/aromatic N) is 1. The van der Waals surface area contributed by atoms with Crippen LogP contribution in [0.15, 0.2) is 48.5 Å². The molecule has 0 spiro atoms. The van der Waals surface area contributed by atoms with Crippen LogP contribution in [0.3, 0.4) is 0 Å². The Labute approximate surface area is 200 Å². The van der Waals surface area contributed by atoms with Crippen LogP contribution in [0.1, 0.15) is 56.6 Å². The van der Waals surface area contributed by atoms with E-state index in [1.807, 2.05) is 38.1 Å². The second-order valence-electron chi connectivity index (χ2n) is 9.93. The normalized spacial score (nSPS) is 17.2. The first-order valence-electron chi connectivity index (χ1n) is 11.9. The first-order chi connectivity index (χ1) is 16.2. The molecular weight excluding hydrogens is 432 g/mol. The highest BCUT2D eigenvalue weighted by Gasteiger charge is 2.31. The number of benzene rings is 2. The fraction of sp³-hybridized carbons (Fsp3) is 0.444. The van der Waals surface area contributed by atoms with Gasteiger partial charge in [-0.3, -0.25) is 9.59 Å². The summed E-state index contributed by atoms with van der Waals surface area (Å²) in [5, 5.41) is 11.8. The molecule has 0 aromatic heterocycles. The van der Waals surface area contributed by atoms with E-state index in [0.717, 1.165) is 17.5 Å². The number of fused-ring (bicyclic) bond motifs is 3. The maximum Gasteiger partial charge on any atom is 0.407 e. The molecule has 2 aliphatic rings. The van der Waals surface area contributed by atoms with Gasteiger partial charge in [-0.25, -0.2) is 4.79 Å². The van der Waals surface area contributed by atoms with Gasteiger partial charge in [0.25, 0.3) is 0 Å². The van der Waals surface area contributed by atoms with Gasteiger partial charge in [-0.05, 0) is 54.9 Å². The van der Waals surface area contributed by atoms with Gasteiger partial charge in [0.15, 0.2) is 0 Å². The SMILES string of the molecule is CC(C)(CCC(=O)N1CCC(CC(=O)O)C1)NC(=O)OCC1c2ccccc2-c2ccccc21. The van der Waals surface area contributed by atoms with E-state index < -0.39 is 17.6 Å².